The first-order valence-corrected chi connectivity index (χ1v) is 12.4. The zero-order valence-corrected chi connectivity index (χ0v) is 21.3. The fraction of sp³-hybridized carbons (Fsp3) is 0.240. The van der Waals surface area contributed by atoms with Gasteiger partial charge in [0.2, 0.25) is 5.91 Å². The first-order valence-electron chi connectivity index (χ1n) is 11.2. The molecule has 2 amide bonds. The third kappa shape index (κ3) is 5.13. The van der Waals surface area contributed by atoms with Crippen molar-refractivity contribution in [1.82, 2.24) is 20.2 Å². The molecule has 0 radical (unpaired) electrons. The van der Waals surface area contributed by atoms with Crippen molar-refractivity contribution < 1.29 is 9.59 Å². The summed E-state index contributed by atoms with van der Waals surface area (Å²) >= 11 is 6.47. The number of thioether (sulfide) groups is 1. The number of aromatic nitrogens is 2. The Bertz CT molecular complexity index is 1390. The molecule has 8 nitrogen and oxygen atoms in total. The van der Waals surface area contributed by atoms with Crippen molar-refractivity contribution in [3.05, 3.63) is 75.0 Å². The van der Waals surface area contributed by atoms with Gasteiger partial charge in [0.05, 0.1) is 22.4 Å². The van der Waals surface area contributed by atoms with Crippen LogP contribution in [0.2, 0.25) is 0 Å². The lowest BCUT2D eigenvalue weighted by Crippen LogP contribution is -2.45. The molecule has 2 heterocycles. The van der Waals surface area contributed by atoms with Crippen molar-refractivity contribution in [3.63, 3.8) is 0 Å². The Hall–Kier alpha value is -3.50. The van der Waals surface area contributed by atoms with Gasteiger partial charge in [0.25, 0.3) is 11.5 Å². The van der Waals surface area contributed by atoms with Crippen LogP contribution in [-0.4, -0.2) is 44.0 Å². The monoisotopic (exact) mass is 507 g/mol. The van der Waals surface area contributed by atoms with Gasteiger partial charge in [-0.3, -0.25) is 19.8 Å². The van der Waals surface area contributed by atoms with E-state index in [2.05, 4.69) is 29.3 Å². The average Bonchev–Trinajstić information content (AvgIpc) is 3.11. The average molecular weight is 508 g/mol. The molecular weight excluding hydrogens is 482 g/mol. The van der Waals surface area contributed by atoms with Crippen LogP contribution < -0.4 is 15.9 Å². The molecular formula is C25H25N5O3S2. The molecule has 0 spiro atoms. The molecule has 1 aliphatic heterocycles. The van der Waals surface area contributed by atoms with Gasteiger partial charge in [0.15, 0.2) is 4.32 Å². The molecule has 0 unspecified atom stereocenters. The van der Waals surface area contributed by atoms with Gasteiger partial charge in [0, 0.05) is 31.2 Å². The molecule has 0 bridgehead atoms. The van der Waals surface area contributed by atoms with Crippen LogP contribution in [0.25, 0.3) is 16.8 Å². The molecule has 1 aromatic heterocycles. The summed E-state index contributed by atoms with van der Waals surface area (Å²) < 4.78 is 1.45. The van der Waals surface area contributed by atoms with E-state index in [1.165, 1.54) is 11.7 Å². The topological polar surface area (TPSA) is 87.5 Å². The van der Waals surface area contributed by atoms with E-state index in [-0.39, 0.29) is 22.2 Å². The van der Waals surface area contributed by atoms with Gasteiger partial charge < -0.3 is 4.90 Å². The van der Waals surface area contributed by atoms with Gasteiger partial charge in [-0.1, -0.05) is 42.1 Å². The molecule has 4 rings (SSSR count). The highest BCUT2D eigenvalue weighted by Crippen LogP contribution is 2.31. The second-order valence-electron chi connectivity index (χ2n) is 7.91. The molecule has 1 N–H and O–H groups in total. The highest BCUT2D eigenvalue weighted by Gasteiger charge is 2.33. The number of hydrazine groups is 1. The number of rotatable bonds is 7. The molecule has 0 aliphatic carbocycles. The Morgan fingerprint density at radius 1 is 1.09 bits per heavy atom. The molecule has 10 heteroatoms. The number of hydrogen-bond acceptors (Lipinski definition) is 7. The predicted octanol–water partition coefficient (Wildman–Crippen LogP) is 3.25. The smallest absolute Gasteiger partial charge is 0.285 e. The number of fused-ring (bicyclic) bond motifs is 1. The van der Waals surface area contributed by atoms with Crippen LogP contribution in [-0.2, 0) is 23.1 Å². The minimum atomic E-state index is -0.456. The summed E-state index contributed by atoms with van der Waals surface area (Å²) in [5.74, 6) is -0.845. The standard InChI is InChI=1S/C25H25N5O3S2/c1-4-29(5-2)17-12-10-16(11-13-17)14-21-24(33)30(25(34)35-21)27-22(31)15-20-18-8-6-7-9-19(18)23(32)28(3)26-20/h6-14H,4-5,15H2,1-3H3,(H,27,31)/b21-14-. The number of aryl methyl sites for hydroxylation is 1. The van der Waals surface area contributed by atoms with E-state index in [9.17, 15) is 14.4 Å². The maximum atomic E-state index is 13.0. The number of nitrogens with zero attached hydrogens (tertiary/aromatic N) is 4. The largest absolute Gasteiger partial charge is 0.372 e. The Balaban J connectivity index is 1.48. The Labute approximate surface area is 212 Å². The first-order chi connectivity index (χ1) is 16.8. The van der Waals surface area contributed by atoms with Crippen LogP contribution in [0.15, 0.2) is 58.2 Å². The van der Waals surface area contributed by atoms with Crippen molar-refractivity contribution in [1.29, 1.82) is 0 Å². The second-order valence-corrected chi connectivity index (χ2v) is 9.59. The summed E-state index contributed by atoms with van der Waals surface area (Å²) in [5.41, 5.74) is 4.78. The van der Waals surface area contributed by atoms with Crippen molar-refractivity contribution in [2.75, 3.05) is 18.0 Å². The molecule has 2 aromatic carbocycles. The van der Waals surface area contributed by atoms with Crippen LogP contribution in [0.4, 0.5) is 5.69 Å². The number of amides is 2. The summed E-state index contributed by atoms with van der Waals surface area (Å²) in [7, 11) is 1.54. The lowest BCUT2D eigenvalue weighted by molar-refractivity contribution is -0.132. The summed E-state index contributed by atoms with van der Waals surface area (Å²) in [4.78, 5) is 40.7. The number of nitrogens with one attached hydrogen (secondary N) is 1. The van der Waals surface area contributed by atoms with E-state index < -0.39 is 5.91 Å². The lowest BCUT2D eigenvalue weighted by Gasteiger charge is -2.20. The van der Waals surface area contributed by atoms with Crippen LogP contribution in [0, 0.1) is 0 Å². The van der Waals surface area contributed by atoms with E-state index in [0.29, 0.717) is 21.4 Å². The SMILES string of the molecule is CCN(CC)c1ccc(/C=C2\SC(=S)N(NC(=O)Cc3nn(C)c(=O)c4ccccc34)C2=O)cc1. The fourth-order valence-corrected chi connectivity index (χ4v) is 5.09. The Morgan fingerprint density at radius 3 is 2.40 bits per heavy atom. The number of benzene rings is 2. The highest BCUT2D eigenvalue weighted by molar-refractivity contribution is 8.26. The van der Waals surface area contributed by atoms with Gasteiger partial charge in [-0.05, 0) is 55.9 Å². The number of thiocarbonyl (C=S) groups is 1. The van der Waals surface area contributed by atoms with E-state index in [4.69, 9.17) is 12.2 Å². The van der Waals surface area contributed by atoms with Crippen molar-refractivity contribution in [2.24, 2.45) is 7.05 Å². The molecule has 0 atom stereocenters. The fourth-order valence-electron chi connectivity index (χ4n) is 3.91. The second kappa shape index (κ2) is 10.4. The van der Waals surface area contributed by atoms with Gasteiger partial charge in [-0.25, -0.2) is 4.68 Å². The van der Waals surface area contributed by atoms with E-state index in [1.807, 2.05) is 24.3 Å². The van der Waals surface area contributed by atoms with E-state index >= 15 is 0 Å². The number of carbonyl (C=O) groups excluding carboxylic acids is 2. The van der Waals surface area contributed by atoms with Gasteiger partial charge >= 0.3 is 0 Å². The molecule has 1 saturated heterocycles. The van der Waals surface area contributed by atoms with Crippen LogP contribution in [0.1, 0.15) is 25.1 Å². The molecule has 35 heavy (non-hydrogen) atoms. The molecule has 3 aromatic rings. The maximum absolute atomic E-state index is 13.0. The Kier molecular flexibility index (Phi) is 7.32. The number of anilines is 1. The van der Waals surface area contributed by atoms with E-state index in [0.717, 1.165) is 41.1 Å². The van der Waals surface area contributed by atoms with Crippen LogP contribution in [0.5, 0.6) is 0 Å². The first kappa shape index (κ1) is 24.6. The van der Waals surface area contributed by atoms with E-state index in [1.54, 1.807) is 30.3 Å². The van der Waals surface area contributed by atoms with Crippen molar-refractivity contribution >= 4 is 62.7 Å². The van der Waals surface area contributed by atoms with Gasteiger partial charge in [-0.2, -0.15) is 10.1 Å². The van der Waals surface area contributed by atoms with Crippen molar-refractivity contribution in [2.45, 2.75) is 20.3 Å². The number of hydrogen-bond donors (Lipinski definition) is 1. The third-order valence-electron chi connectivity index (χ3n) is 5.71. The molecule has 0 saturated carbocycles. The summed E-state index contributed by atoms with van der Waals surface area (Å²) in [6, 6.07) is 14.9. The Morgan fingerprint density at radius 2 is 1.74 bits per heavy atom. The van der Waals surface area contributed by atoms with Gasteiger partial charge in [0.1, 0.15) is 0 Å². The minimum Gasteiger partial charge on any atom is -0.372 e. The normalized spacial score (nSPS) is 14.7. The lowest BCUT2D eigenvalue weighted by atomic mass is 10.1. The zero-order chi connectivity index (χ0) is 25.1. The molecule has 1 fully saturated rings. The van der Waals surface area contributed by atoms with Crippen LogP contribution >= 0.6 is 24.0 Å². The predicted molar refractivity (Wildman–Crippen MR) is 144 cm³/mol. The molecule has 1 aliphatic rings. The quantitative estimate of drug-likeness (QED) is 0.388. The highest BCUT2D eigenvalue weighted by atomic mass is 32.2. The van der Waals surface area contributed by atoms with Crippen LogP contribution in [0.3, 0.4) is 0 Å². The third-order valence-corrected chi connectivity index (χ3v) is 7.01. The zero-order valence-electron chi connectivity index (χ0n) is 19.6. The number of carbonyl (C=O) groups is 2. The summed E-state index contributed by atoms with van der Waals surface area (Å²) in [5, 5.41) is 6.41. The van der Waals surface area contributed by atoms with Gasteiger partial charge in [-0.15, -0.1) is 0 Å². The molecule has 180 valence electrons. The summed E-state index contributed by atoms with van der Waals surface area (Å²) in [6.45, 7) is 6.04. The summed E-state index contributed by atoms with van der Waals surface area (Å²) in [6.07, 6.45) is 1.65. The minimum absolute atomic E-state index is 0.114. The maximum Gasteiger partial charge on any atom is 0.285 e. The van der Waals surface area contributed by atoms with Crippen molar-refractivity contribution in [3.8, 4) is 0 Å².